The summed E-state index contributed by atoms with van der Waals surface area (Å²) in [5, 5.41) is 12.2. The molecular weight excluding hydrogens is 364 g/mol. The fourth-order valence-corrected chi connectivity index (χ4v) is 5.75. The van der Waals surface area contributed by atoms with Crippen molar-refractivity contribution in [2.45, 2.75) is 80.6 Å². The molecule has 7 heteroatoms. The third-order valence-corrected chi connectivity index (χ3v) is 7.35. The Labute approximate surface area is 165 Å². The van der Waals surface area contributed by atoms with E-state index in [1.807, 2.05) is 0 Å². The van der Waals surface area contributed by atoms with Gasteiger partial charge in [0.1, 0.15) is 0 Å². The Hall–Kier alpha value is -1.08. The Morgan fingerprint density at radius 2 is 1.73 bits per heavy atom. The second-order valence-electron chi connectivity index (χ2n) is 7.22. The number of carbonyl (C=O) groups excluding carboxylic acids is 1. The molecule has 2 aliphatic rings. The lowest BCUT2D eigenvalue weighted by Crippen LogP contribution is -2.49. The predicted octanol–water partition coefficient (Wildman–Crippen LogP) is 4.72. The summed E-state index contributed by atoms with van der Waals surface area (Å²) < 4.78 is 0.858. The van der Waals surface area contributed by atoms with Crippen LogP contribution < -0.4 is 5.32 Å². The molecule has 5 nitrogen and oxygen atoms in total. The topological polar surface area (TPSA) is 58.1 Å². The van der Waals surface area contributed by atoms with Crippen LogP contribution in [0, 0.1) is 0 Å². The summed E-state index contributed by atoms with van der Waals surface area (Å²) in [6.45, 7) is 4.36. The molecular formula is C19H30N4OS2. The highest BCUT2D eigenvalue weighted by Crippen LogP contribution is 2.32. The molecule has 0 aromatic carbocycles. The first-order chi connectivity index (χ1) is 12.8. The molecule has 0 saturated heterocycles. The molecule has 0 atom stereocenters. The maximum atomic E-state index is 13.1. The average Bonchev–Trinajstić information content (AvgIpc) is 3.14. The Morgan fingerprint density at radius 3 is 2.31 bits per heavy atom. The fraction of sp³-hybridized carbons (Fsp3) is 0.737. The van der Waals surface area contributed by atoms with Crippen molar-refractivity contribution in [1.29, 1.82) is 0 Å². The first-order valence-electron chi connectivity index (χ1n) is 9.90. The van der Waals surface area contributed by atoms with Crippen LogP contribution in [0.1, 0.15) is 64.2 Å². The molecule has 1 aromatic heterocycles. The van der Waals surface area contributed by atoms with Crippen LogP contribution in [0.15, 0.2) is 17.0 Å². The van der Waals surface area contributed by atoms with Crippen LogP contribution >= 0.6 is 23.1 Å². The van der Waals surface area contributed by atoms with Crippen LogP contribution in [0.5, 0.6) is 0 Å². The second kappa shape index (κ2) is 10.3. The third kappa shape index (κ3) is 5.46. The van der Waals surface area contributed by atoms with Gasteiger partial charge in [-0.25, -0.2) is 0 Å². The van der Waals surface area contributed by atoms with E-state index in [9.17, 15) is 4.79 Å². The Kier molecular flexibility index (Phi) is 7.80. The number of nitrogens with one attached hydrogen (secondary N) is 1. The maximum Gasteiger partial charge on any atom is 0.233 e. The number of amides is 1. The van der Waals surface area contributed by atoms with E-state index < -0.39 is 0 Å². The summed E-state index contributed by atoms with van der Waals surface area (Å²) in [5.74, 6) is 0.771. The first-order valence-corrected chi connectivity index (χ1v) is 11.7. The summed E-state index contributed by atoms with van der Waals surface area (Å²) in [6, 6.07) is 0.915. The zero-order valence-corrected chi connectivity index (χ0v) is 17.1. The lowest BCUT2D eigenvalue weighted by Gasteiger charge is -2.41. The summed E-state index contributed by atoms with van der Waals surface area (Å²) in [4.78, 5) is 15.4. The third-order valence-electron chi connectivity index (χ3n) is 5.35. The van der Waals surface area contributed by atoms with Crippen LogP contribution in [-0.4, -0.2) is 45.4 Å². The van der Waals surface area contributed by atoms with E-state index in [0.29, 0.717) is 30.3 Å². The van der Waals surface area contributed by atoms with E-state index in [0.717, 1.165) is 9.47 Å². The van der Waals surface area contributed by atoms with Gasteiger partial charge in [-0.15, -0.1) is 16.8 Å². The number of thioether (sulfide) groups is 1. The lowest BCUT2D eigenvalue weighted by atomic mass is 9.88. The maximum absolute atomic E-state index is 13.1. The molecule has 144 valence electrons. The van der Waals surface area contributed by atoms with Gasteiger partial charge >= 0.3 is 0 Å². The van der Waals surface area contributed by atoms with Crippen LogP contribution in [0.25, 0.3) is 0 Å². The largest absolute Gasteiger partial charge is 0.357 e. The van der Waals surface area contributed by atoms with Crippen LogP contribution in [-0.2, 0) is 4.79 Å². The molecule has 0 aliphatic heterocycles. The quantitative estimate of drug-likeness (QED) is 0.510. The van der Waals surface area contributed by atoms with Gasteiger partial charge in [0.05, 0.1) is 5.75 Å². The van der Waals surface area contributed by atoms with Crippen LogP contribution in [0.2, 0.25) is 0 Å². The number of rotatable bonds is 8. The second-order valence-corrected chi connectivity index (χ2v) is 9.42. The monoisotopic (exact) mass is 394 g/mol. The summed E-state index contributed by atoms with van der Waals surface area (Å²) in [5.41, 5.74) is 0. The van der Waals surface area contributed by atoms with Crippen LogP contribution in [0.4, 0.5) is 5.13 Å². The van der Waals surface area contributed by atoms with Crippen molar-refractivity contribution < 1.29 is 4.79 Å². The minimum absolute atomic E-state index is 0.296. The number of carbonyl (C=O) groups is 1. The summed E-state index contributed by atoms with van der Waals surface area (Å²) in [6.07, 6.45) is 14.2. The van der Waals surface area contributed by atoms with E-state index in [1.165, 1.54) is 87.3 Å². The number of anilines is 1. The zero-order chi connectivity index (χ0) is 18.2. The molecule has 26 heavy (non-hydrogen) atoms. The Balaban J connectivity index is 1.59. The van der Waals surface area contributed by atoms with Crippen molar-refractivity contribution in [1.82, 2.24) is 15.1 Å². The molecule has 1 N–H and O–H groups in total. The van der Waals surface area contributed by atoms with Crippen molar-refractivity contribution >= 4 is 34.1 Å². The standard InChI is InChI=1S/C19H30N4OS2/c1-2-13-20-18-21-22-19(26-18)25-14-17(24)23(15-9-5-3-6-10-15)16-11-7-4-8-12-16/h2,15-16H,1,3-14H2,(H,20,21). The molecule has 2 saturated carbocycles. The normalized spacial score (nSPS) is 19.2. The highest BCUT2D eigenvalue weighted by Gasteiger charge is 2.32. The van der Waals surface area contributed by atoms with Crippen LogP contribution in [0.3, 0.4) is 0 Å². The first kappa shape index (κ1) is 19.7. The zero-order valence-electron chi connectivity index (χ0n) is 15.5. The molecule has 1 aromatic rings. The van der Waals surface area contributed by atoms with Gasteiger partial charge in [0.25, 0.3) is 0 Å². The predicted molar refractivity (Wildman–Crippen MR) is 110 cm³/mol. The van der Waals surface area contributed by atoms with E-state index in [4.69, 9.17) is 0 Å². The number of aromatic nitrogens is 2. The Morgan fingerprint density at radius 1 is 1.12 bits per heavy atom. The SMILES string of the molecule is C=CCNc1nnc(SCC(=O)N(C2CCCCC2)C2CCCCC2)s1. The molecule has 0 unspecified atom stereocenters. The van der Waals surface area contributed by atoms with Gasteiger partial charge in [-0.3, -0.25) is 4.79 Å². The average molecular weight is 395 g/mol. The molecule has 3 rings (SSSR count). The van der Waals surface area contributed by atoms with Crippen molar-refractivity contribution in [2.24, 2.45) is 0 Å². The van der Waals surface area contributed by atoms with Crippen molar-refractivity contribution in [3.63, 3.8) is 0 Å². The highest BCUT2D eigenvalue weighted by atomic mass is 32.2. The number of hydrogen-bond acceptors (Lipinski definition) is 6. The van der Waals surface area contributed by atoms with E-state index in [1.54, 1.807) is 6.08 Å². The van der Waals surface area contributed by atoms with Crippen molar-refractivity contribution in [2.75, 3.05) is 17.6 Å². The smallest absolute Gasteiger partial charge is 0.233 e. The van der Waals surface area contributed by atoms with Gasteiger partial charge in [-0.05, 0) is 25.7 Å². The van der Waals surface area contributed by atoms with Gasteiger partial charge in [-0.2, -0.15) is 0 Å². The molecule has 2 fully saturated rings. The number of nitrogens with zero attached hydrogens (tertiary/aromatic N) is 3. The van der Waals surface area contributed by atoms with Crippen molar-refractivity contribution in [3.8, 4) is 0 Å². The minimum Gasteiger partial charge on any atom is -0.357 e. The Bertz CT molecular complexity index is 562. The van der Waals surface area contributed by atoms with Gasteiger partial charge in [0.15, 0.2) is 4.34 Å². The molecule has 1 amide bonds. The lowest BCUT2D eigenvalue weighted by molar-refractivity contribution is -0.135. The van der Waals surface area contributed by atoms with Gasteiger partial charge in [-0.1, -0.05) is 67.7 Å². The van der Waals surface area contributed by atoms with E-state index in [-0.39, 0.29) is 0 Å². The van der Waals surface area contributed by atoms with Gasteiger partial charge in [0.2, 0.25) is 11.0 Å². The van der Waals surface area contributed by atoms with E-state index >= 15 is 0 Å². The molecule has 2 aliphatic carbocycles. The van der Waals surface area contributed by atoms with Crippen molar-refractivity contribution in [3.05, 3.63) is 12.7 Å². The summed E-state index contributed by atoms with van der Waals surface area (Å²) in [7, 11) is 0. The number of hydrogen-bond donors (Lipinski definition) is 1. The van der Waals surface area contributed by atoms with Gasteiger partial charge < -0.3 is 10.2 Å². The van der Waals surface area contributed by atoms with Gasteiger partial charge in [0, 0.05) is 18.6 Å². The fourth-order valence-electron chi connectivity index (χ4n) is 4.12. The summed E-state index contributed by atoms with van der Waals surface area (Å²) >= 11 is 3.04. The molecule has 0 radical (unpaired) electrons. The minimum atomic E-state index is 0.296. The molecule has 0 bridgehead atoms. The molecule has 0 spiro atoms. The van der Waals surface area contributed by atoms with E-state index in [2.05, 4.69) is 27.0 Å². The molecule has 1 heterocycles. The highest BCUT2D eigenvalue weighted by molar-refractivity contribution is 8.01.